The summed E-state index contributed by atoms with van der Waals surface area (Å²) in [7, 11) is 0. The molecule has 0 radical (unpaired) electrons. The maximum absolute atomic E-state index is 13.7. The van der Waals surface area contributed by atoms with Crippen molar-refractivity contribution in [2.75, 3.05) is 13.1 Å². The highest BCUT2D eigenvalue weighted by molar-refractivity contribution is 5.95. The molecule has 5 heteroatoms. The Morgan fingerprint density at radius 1 is 1.47 bits per heavy atom. The quantitative estimate of drug-likeness (QED) is 0.896. The highest BCUT2D eigenvalue weighted by Gasteiger charge is 2.28. The average molecular weight is 269 g/mol. The number of piperidine rings is 1. The topological polar surface area (TPSA) is 40.5 Å². The molecule has 19 heavy (non-hydrogen) atoms. The number of aromatic hydroxyl groups is 1. The summed E-state index contributed by atoms with van der Waals surface area (Å²) < 4.78 is 27.3. The van der Waals surface area contributed by atoms with Gasteiger partial charge in [0.05, 0.1) is 0 Å². The van der Waals surface area contributed by atoms with Crippen molar-refractivity contribution < 1.29 is 18.7 Å². The highest BCUT2D eigenvalue weighted by Crippen LogP contribution is 2.26. The van der Waals surface area contributed by atoms with Gasteiger partial charge in [-0.15, -0.1) is 0 Å². The summed E-state index contributed by atoms with van der Waals surface area (Å²) in [6.07, 6.45) is 2.81. The number of amides is 1. The summed E-state index contributed by atoms with van der Waals surface area (Å²) in [5, 5.41) is 9.26. The largest absolute Gasteiger partial charge is 0.505 e. The molecule has 0 spiro atoms. The lowest BCUT2D eigenvalue weighted by Crippen LogP contribution is -2.40. The van der Waals surface area contributed by atoms with Gasteiger partial charge in [0.1, 0.15) is 11.4 Å². The number of nitrogens with zero attached hydrogens (tertiary/aromatic N) is 1. The van der Waals surface area contributed by atoms with Crippen molar-refractivity contribution in [3.63, 3.8) is 0 Å². The van der Waals surface area contributed by atoms with Crippen LogP contribution in [0.4, 0.5) is 8.78 Å². The molecule has 0 bridgehead atoms. The van der Waals surface area contributed by atoms with Crippen LogP contribution in [0, 0.1) is 17.6 Å². The third-order valence-corrected chi connectivity index (χ3v) is 3.67. The Labute approximate surface area is 110 Å². The van der Waals surface area contributed by atoms with Crippen LogP contribution in [0.15, 0.2) is 12.1 Å². The van der Waals surface area contributed by atoms with Crippen LogP contribution in [0.5, 0.6) is 5.75 Å². The van der Waals surface area contributed by atoms with E-state index in [0.29, 0.717) is 19.0 Å². The van der Waals surface area contributed by atoms with Crippen molar-refractivity contribution in [3.05, 3.63) is 29.3 Å². The Kier molecular flexibility index (Phi) is 4.02. The molecule has 1 aromatic rings. The number of likely N-dealkylation sites (tertiary alicyclic amines) is 1. The molecular weight excluding hydrogens is 252 g/mol. The molecule has 1 atom stereocenters. The number of benzene rings is 1. The maximum Gasteiger partial charge on any atom is 0.259 e. The van der Waals surface area contributed by atoms with Gasteiger partial charge in [-0.25, -0.2) is 8.78 Å². The van der Waals surface area contributed by atoms with Crippen LogP contribution < -0.4 is 0 Å². The number of carbonyl (C=O) groups excluding carboxylic acids is 1. The molecule has 1 heterocycles. The zero-order valence-corrected chi connectivity index (χ0v) is 10.8. The monoisotopic (exact) mass is 269 g/mol. The van der Waals surface area contributed by atoms with E-state index in [2.05, 4.69) is 0 Å². The van der Waals surface area contributed by atoms with Crippen molar-refractivity contribution in [1.29, 1.82) is 0 Å². The molecule has 1 aromatic carbocycles. The third-order valence-electron chi connectivity index (χ3n) is 3.67. The van der Waals surface area contributed by atoms with E-state index in [-0.39, 0.29) is 0 Å². The average Bonchev–Trinajstić information content (AvgIpc) is 2.43. The molecule has 104 valence electrons. The van der Waals surface area contributed by atoms with Crippen LogP contribution in [0.1, 0.15) is 36.5 Å². The maximum atomic E-state index is 13.7. The van der Waals surface area contributed by atoms with E-state index in [9.17, 15) is 18.7 Å². The van der Waals surface area contributed by atoms with Crippen molar-refractivity contribution in [1.82, 2.24) is 4.90 Å². The lowest BCUT2D eigenvalue weighted by Gasteiger charge is -2.32. The number of halogens is 2. The minimum Gasteiger partial charge on any atom is -0.505 e. The standard InChI is InChI=1S/C14H17F2NO2/c1-2-9-4-3-7-17(8-9)14(19)12-10(15)5-6-11(18)13(12)16/h5-6,9,18H,2-4,7-8H2,1H3/t9-/m1/s1. The smallest absolute Gasteiger partial charge is 0.259 e. The van der Waals surface area contributed by atoms with Gasteiger partial charge in [0.15, 0.2) is 11.6 Å². The van der Waals surface area contributed by atoms with E-state index in [1.807, 2.05) is 6.92 Å². The lowest BCUT2D eigenvalue weighted by atomic mass is 9.95. The van der Waals surface area contributed by atoms with Gasteiger partial charge in [-0.3, -0.25) is 4.79 Å². The Morgan fingerprint density at radius 3 is 2.89 bits per heavy atom. The first kappa shape index (κ1) is 13.8. The van der Waals surface area contributed by atoms with Gasteiger partial charge in [-0.1, -0.05) is 13.3 Å². The van der Waals surface area contributed by atoms with Gasteiger partial charge >= 0.3 is 0 Å². The molecule has 1 amide bonds. The van der Waals surface area contributed by atoms with Crippen molar-refractivity contribution in [2.24, 2.45) is 5.92 Å². The van der Waals surface area contributed by atoms with Gasteiger partial charge in [0, 0.05) is 13.1 Å². The van der Waals surface area contributed by atoms with Crippen molar-refractivity contribution in [3.8, 4) is 5.75 Å². The van der Waals surface area contributed by atoms with E-state index in [1.54, 1.807) is 0 Å². The highest BCUT2D eigenvalue weighted by atomic mass is 19.1. The number of rotatable bonds is 2. The van der Waals surface area contributed by atoms with E-state index < -0.39 is 28.9 Å². The first-order chi connectivity index (χ1) is 9.04. The SMILES string of the molecule is CC[C@@H]1CCCN(C(=O)c2c(F)ccc(O)c2F)C1. The van der Waals surface area contributed by atoms with Crippen molar-refractivity contribution >= 4 is 5.91 Å². The number of phenolic OH excluding ortho intramolecular Hbond substituents is 1. The fraction of sp³-hybridized carbons (Fsp3) is 0.500. The molecule has 0 aromatic heterocycles. The second kappa shape index (κ2) is 5.55. The molecule has 0 aliphatic carbocycles. The van der Waals surface area contributed by atoms with E-state index >= 15 is 0 Å². The van der Waals surface area contributed by atoms with E-state index in [4.69, 9.17) is 0 Å². The Morgan fingerprint density at radius 2 is 2.21 bits per heavy atom. The molecule has 0 unspecified atom stereocenters. The molecule has 1 fully saturated rings. The molecule has 0 saturated carbocycles. The van der Waals surface area contributed by atoms with Crippen LogP contribution >= 0.6 is 0 Å². The molecule has 1 N–H and O–H groups in total. The van der Waals surface area contributed by atoms with Gasteiger partial charge in [0.25, 0.3) is 5.91 Å². The first-order valence-electron chi connectivity index (χ1n) is 6.50. The second-order valence-corrected chi connectivity index (χ2v) is 4.92. The molecular formula is C14H17F2NO2. The number of hydrogen-bond donors (Lipinski definition) is 1. The third kappa shape index (κ3) is 2.69. The molecule has 3 nitrogen and oxygen atoms in total. The normalized spacial score (nSPS) is 19.5. The Bertz CT molecular complexity index is 491. The molecule has 1 aliphatic heterocycles. The fourth-order valence-corrected chi connectivity index (χ4v) is 2.48. The zero-order valence-electron chi connectivity index (χ0n) is 10.8. The lowest BCUT2D eigenvalue weighted by molar-refractivity contribution is 0.0660. The minimum absolute atomic E-state index is 0.376. The predicted molar refractivity (Wildman–Crippen MR) is 66.9 cm³/mol. The molecule has 1 aliphatic rings. The van der Waals surface area contributed by atoms with E-state index in [1.165, 1.54) is 4.90 Å². The predicted octanol–water partition coefficient (Wildman–Crippen LogP) is 2.93. The fourth-order valence-electron chi connectivity index (χ4n) is 2.48. The number of hydrogen-bond acceptors (Lipinski definition) is 2. The van der Waals surface area contributed by atoms with Gasteiger partial charge in [0.2, 0.25) is 0 Å². The first-order valence-corrected chi connectivity index (χ1v) is 6.50. The summed E-state index contributed by atoms with van der Waals surface area (Å²) >= 11 is 0. The minimum atomic E-state index is -1.18. The van der Waals surface area contributed by atoms with Gasteiger partial charge in [-0.05, 0) is 30.9 Å². The van der Waals surface area contributed by atoms with Crippen LogP contribution in [0.3, 0.4) is 0 Å². The van der Waals surface area contributed by atoms with Crippen LogP contribution in [0.2, 0.25) is 0 Å². The zero-order chi connectivity index (χ0) is 14.0. The van der Waals surface area contributed by atoms with Gasteiger partial charge in [-0.2, -0.15) is 0 Å². The van der Waals surface area contributed by atoms with Crippen molar-refractivity contribution in [2.45, 2.75) is 26.2 Å². The van der Waals surface area contributed by atoms with Crippen LogP contribution in [0.25, 0.3) is 0 Å². The molecule has 2 rings (SSSR count). The Balaban J connectivity index is 2.27. The van der Waals surface area contributed by atoms with Crippen LogP contribution in [-0.2, 0) is 0 Å². The number of carbonyl (C=O) groups is 1. The van der Waals surface area contributed by atoms with Gasteiger partial charge < -0.3 is 10.0 Å². The summed E-state index contributed by atoms with van der Waals surface area (Å²) in [5.41, 5.74) is -0.656. The number of phenols is 1. The van der Waals surface area contributed by atoms with Crippen LogP contribution in [-0.4, -0.2) is 29.0 Å². The summed E-state index contributed by atoms with van der Waals surface area (Å²) in [6.45, 7) is 3.06. The Hall–Kier alpha value is -1.65. The summed E-state index contributed by atoms with van der Waals surface area (Å²) in [6, 6.07) is 1.82. The summed E-state index contributed by atoms with van der Waals surface area (Å²) in [4.78, 5) is 13.7. The second-order valence-electron chi connectivity index (χ2n) is 4.92. The summed E-state index contributed by atoms with van der Waals surface area (Å²) in [5.74, 6) is -3.11. The molecule has 1 saturated heterocycles. The van der Waals surface area contributed by atoms with E-state index in [0.717, 1.165) is 31.4 Å².